The molecule has 0 unspecified atom stereocenters. The number of hydrogen-bond donors (Lipinski definition) is 0. The molecule has 2 heterocycles. The molecule has 2 nitrogen and oxygen atoms in total. The molecule has 296 valence electrons. The number of rotatable bonds is 8. The summed E-state index contributed by atoms with van der Waals surface area (Å²) in [5.74, 6) is 0. The van der Waals surface area contributed by atoms with Crippen LogP contribution in [0.4, 0.5) is 0 Å². The lowest BCUT2D eigenvalue weighted by molar-refractivity contribution is 1.17. The highest BCUT2D eigenvalue weighted by Gasteiger charge is 2.41. The molecule has 0 aliphatic carbocycles. The highest BCUT2D eigenvalue weighted by atomic mass is 28.3. The van der Waals surface area contributed by atoms with Crippen molar-refractivity contribution in [3.05, 3.63) is 255 Å². The van der Waals surface area contributed by atoms with E-state index in [1.807, 2.05) is 0 Å². The van der Waals surface area contributed by atoms with Gasteiger partial charge in [-0.15, -0.1) is 0 Å². The molecule has 0 spiro atoms. The van der Waals surface area contributed by atoms with Crippen LogP contribution in [0.5, 0.6) is 0 Å². The van der Waals surface area contributed by atoms with E-state index < -0.39 is 8.07 Å². The molecule has 10 aromatic carbocycles. The third-order valence-electron chi connectivity index (χ3n) is 13.1. The van der Waals surface area contributed by atoms with Gasteiger partial charge in [-0.25, -0.2) is 0 Å². The average Bonchev–Trinajstić information content (AvgIpc) is 3.88. The summed E-state index contributed by atoms with van der Waals surface area (Å²) in [6.45, 7) is 0. The van der Waals surface area contributed by atoms with Crippen molar-refractivity contribution in [2.45, 2.75) is 0 Å². The van der Waals surface area contributed by atoms with Gasteiger partial charge in [-0.1, -0.05) is 218 Å². The van der Waals surface area contributed by atoms with Crippen molar-refractivity contribution in [1.29, 1.82) is 0 Å². The van der Waals surface area contributed by atoms with Crippen LogP contribution in [0, 0.1) is 0 Å². The van der Waals surface area contributed by atoms with Crippen LogP contribution in [-0.2, 0) is 0 Å². The Hall–Kier alpha value is -7.98. The summed E-state index contributed by atoms with van der Waals surface area (Å²) in [5.41, 5.74) is 11.8. The van der Waals surface area contributed by atoms with Gasteiger partial charge in [0, 0.05) is 38.4 Å². The highest BCUT2D eigenvalue weighted by Crippen LogP contribution is 2.42. The number of para-hydroxylation sites is 4. The van der Waals surface area contributed by atoms with Crippen molar-refractivity contribution in [2.24, 2.45) is 0 Å². The summed E-state index contributed by atoms with van der Waals surface area (Å²) in [6.07, 6.45) is 0. The second-order valence-electron chi connectivity index (χ2n) is 16.4. The first-order valence-electron chi connectivity index (χ1n) is 21.8. The minimum atomic E-state index is -2.79. The Balaban J connectivity index is 1.14. The molecule has 0 radical (unpaired) electrons. The lowest BCUT2D eigenvalue weighted by atomic mass is 9.95. The Labute approximate surface area is 368 Å². The Morgan fingerprint density at radius 1 is 0.254 bits per heavy atom. The molecule has 12 rings (SSSR count). The normalized spacial score (nSPS) is 11.8. The number of nitrogens with zero attached hydrogens (tertiary/aromatic N) is 2. The number of fused-ring (bicyclic) bond motifs is 6. The van der Waals surface area contributed by atoms with E-state index in [0.29, 0.717) is 0 Å². The fraction of sp³-hybridized carbons (Fsp3) is 0. The van der Waals surface area contributed by atoms with E-state index in [2.05, 4.69) is 264 Å². The molecule has 0 amide bonds. The van der Waals surface area contributed by atoms with Gasteiger partial charge in [0.25, 0.3) is 0 Å². The van der Waals surface area contributed by atoms with Crippen LogP contribution in [-0.4, -0.2) is 17.2 Å². The van der Waals surface area contributed by atoms with Crippen molar-refractivity contribution in [1.82, 2.24) is 9.13 Å². The second kappa shape index (κ2) is 15.2. The molecule has 0 bridgehead atoms. The zero-order chi connectivity index (χ0) is 41.7. The molecule has 0 aliphatic heterocycles. The predicted molar refractivity (Wildman–Crippen MR) is 270 cm³/mol. The zero-order valence-electron chi connectivity index (χ0n) is 34.6. The first-order chi connectivity index (χ1) is 31.3. The van der Waals surface area contributed by atoms with E-state index in [9.17, 15) is 0 Å². The largest absolute Gasteiger partial charge is 0.309 e. The monoisotopic (exact) mass is 818 g/mol. The average molecular weight is 819 g/mol. The van der Waals surface area contributed by atoms with Crippen molar-refractivity contribution in [3.8, 4) is 33.6 Å². The van der Waals surface area contributed by atoms with Gasteiger partial charge >= 0.3 is 0 Å². The molecule has 0 saturated heterocycles. The third kappa shape index (κ3) is 5.85. The van der Waals surface area contributed by atoms with E-state index >= 15 is 0 Å². The molecule has 0 fully saturated rings. The van der Waals surface area contributed by atoms with Crippen LogP contribution >= 0.6 is 0 Å². The Kier molecular flexibility index (Phi) is 8.87. The maximum atomic E-state index is 2.53. The molecule has 0 saturated carbocycles. The maximum absolute atomic E-state index is 2.79. The van der Waals surface area contributed by atoms with Crippen molar-refractivity contribution in [3.63, 3.8) is 0 Å². The van der Waals surface area contributed by atoms with E-state index in [1.165, 1.54) is 92.3 Å². The van der Waals surface area contributed by atoms with E-state index in [4.69, 9.17) is 0 Å². The first kappa shape index (κ1) is 36.8. The van der Waals surface area contributed by atoms with E-state index in [-0.39, 0.29) is 0 Å². The van der Waals surface area contributed by atoms with Crippen molar-refractivity contribution in [2.75, 3.05) is 0 Å². The van der Waals surface area contributed by atoms with Gasteiger partial charge in [0.1, 0.15) is 0 Å². The maximum Gasteiger partial charge on any atom is 0.179 e. The summed E-state index contributed by atoms with van der Waals surface area (Å²) in [4.78, 5) is 0. The quantitative estimate of drug-likeness (QED) is 0.107. The van der Waals surface area contributed by atoms with Gasteiger partial charge in [0.15, 0.2) is 8.07 Å². The van der Waals surface area contributed by atoms with Gasteiger partial charge in [0.05, 0.1) is 27.8 Å². The minimum Gasteiger partial charge on any atom is -0.309 e. The molecular formula is C60H42N2Si. The molecule has 0 N–H and O–H groups in total. The first-order valence-corrected chi connectivity index (χ1v) is 23.8. The number of aromatic nitrogens is 2. The molecule has 63 heavy (non-hydrogen) atoms. The lowest BCUT2D eigenvalue weighted by Crippen LogP contribution is -2.74. The third-order valence-corrected chi connectivity index (χ3v) is 17.8. The second-order valence-corrected chi connectivity index (χ2v) is 20.2. The van der Waals surface area contributed by atoms with E-state index in [0.717, 1.165) is 5.69 Å². The number of hydrogen-bond acceptors (Lipinski definition) is 0. The smallest absolute Gasteiger partial charge is 0.179 e. The molecule has 0 atom stereocenters. The van der Waals surface area contributed by atoms with E-state index in [1.54, 1.807) is 0 Å². The fourth-order valence-electron chi connectivity index (χ4n) is 10.4. The standard InChI is InChI=1S/C60H42N2Si/c1-5-21-43(22-6-1)50-34-20-35-51(44-23-19-30-49(41-44)63(46-24-7-2-8-25-46,47-26-9-3-10-27-47)48-28-11-4-12-29-48)60(50)62-58-38-18-15-33-54(58)55-42-45(39-40-59(55)62)61-56-36-16-13-31-52(56)53-32-14-17-37-57(53)61/h1-42H. The molecular weight excluding hydrogens is 777 g/mol. The SMILES string of the molecule is c1ccc(-c2cccc(-c3cccc([Si](c4ccccc4)(c4ccccc4)c4ccccc4)c3)c2-n2c3ccccc3c3cc(-n4c5ccccc5c5ccccc54)ccc32)cc1. The molecule has 2 aromatic heterocycles. The van der Waals surface area contributed by atoms with Gasteiger partial charge in [0.2, 0.25) is 0 Å². The van der Waals surface area contributed by atoms with Crippen LogP contribution in [0.1, 0.15) is 0 Å². The highest BCUT2D eigenvalue weighted by molar-refractivity contribution is 7.19. The predicted octanol–water partition coefficient (Wildman–Crippen LogP) is 12.6. The summed E-state index contributed by atoms with van der Waals surface area (Å²) in [5, 5.41) is 10.4. The Bertz CT molecular complexity index is 3460. The van der Waals surface area contributed by atoms with Crippen molar-refractivity contribution >= 4 is 72.4 Å². The molecule has 3 heteroatoms. The molecule has 0 aliphatic rings. The minimum absolute atomic E-state index is 1.15. The topological polar surface area (TPSA) is 9.86 Å². The van der Waals surface area contributed by atoms with Gasteiger partial charge in [-0.05, 0) is 68.3 Å². The summed E-state index contributed by atoms with van der Waals surface area (Å²) in [7, 11) is -2.79. The van der Waals surface area contributed by atoms with Crippen molar-refractivity contribution < 1.29 is 0 Å². The van der Waals surface area contributed by atoms with Crippen LogP contribution in [0.2, 0.25) is 0 Å². The van der Waals surface area contributed by atoms with Gasteiger partial charge < -0.3 is 9.13 Å². The van der Waals surface area contributed by atoms with Crippen LogP contribution in [0.25, 0.3) is 77.2 Å². The Morgan fingerprint density at radius 3 is 1.21 bits per heavy atom. The van der Waals surface area contributed by atoms with Crippen LogP contribution < -0.4 is 20.7 Å². The Morgan fingerprint density at radius 2 is 0.651 bits per heavy atom. The summed E-state index contributed by atoms with van der Waals surface area (Å²) < 4.78 is 4.95. The van der Waals surface area contributed by atoms with Crippen LogP contribution in [0.3, 0.4) is 0 Å². The molecule has 12 aromatic rings. The van der Waals surface area contributed by atoms with Gasteiger partial charge in [-0.3, -0.25) is 0 Å². The number of benzene rings is 10. The lowest BCUT2D eigenvalue weighted by Gasteiger charge is -2.34. The van der Waals surface area contributed by atoms with Crippen LogP contribution in [0.15, 0.2) is 255 Å². The zero-order valence-corrected chi connectivity index (χ0v) is 35.6. The van der Waals surface area contributed by atoms with Gasteiger partial charge in [-0.2, -0.15) is 0 Å². The summed E-state index contributed by atoms with van der Waals surface area (Å²) in [6, 6.07) is 94.3. The summed E-state index contributed by atoms with van der Waals surface area (Å²) >= 11 is 0. The fourth-order valence-corrected chi connectivity index (χ4v) is 15.2.